The van der Waals surface area contributed by atoms with Crippen molar-refractivity contribution in [1.29, 1.82) is 0 Å². The van der Waals surface area contributed by atoms with Crippen LogP contribution in [0.15, 0.2) is 26.0 Å². The van der Waals surface area contributed by atoms with Gasteiger partial charge >= 0.3 is 5.76 Å². The van der Waals surface area contributed by atoms with Crippen molar-refractivity contribution in [2.45, 2.75) is 0 Å². The maximum absolute atomic E-state index is 10.5. The molecule has 1 N–H and O–H groups in total. The Kier molecular flexibility index (Phi) is 1.51. The van der Waals surface area contributed by atoms with Crippen LogP contribution >= 0.6 is 11.6 Å². The standard InChI is InChI=1S/C6H3ClN2O3/c7-4-3(1-2-11-4)5-8-9-6(10)12-5/h1-2H,(H,9,10). The second-order valence-corrected chi connectivity index (χ2v) is 2.37. The molecule has 0 saturated carbocycles. The molecule has 5 nitrogen and oxygen atoms in total. The van der Waals surface area contributed by atoms with E-state index in [1.165, 1.54) is 6.26 Å². The Labute approximate surface area is 70.9 Å². The normalized spacial score (nSPS) is 10.4. The number of nitrogens with zero attached hydrogens (tertiary/aromatic N) is 1. The van der Waals surface area contributed by atoms with E-state index < -0.39 is 5.76 Å². The SMILES string of the molecule is O=c1[nH]nc(-c2ccoc2Cl)o1. The van der Waals surface area contributed by atoms with Crippen molar-refractivity contribution < 1.29 is 8.83 Å². The van der Waals surface area contributed by atoms with E-state index in [1.54, 1.807) is 6.07 Å². The third-order valence-electron chi connectivity index (χ3n) is 1.29. The van der Waals surface area contributed by atoms with Gasteiger partial charge in [0.2, 0.25) is 5.22 Å². The number of aromatic nitrogens is 2. The zero-order chi connectivity index (χ0) is 8.55. The molecule has 0 fully saturated rings. The van der Waals surface area contributed by atoms with Crippen LogP contribution in [0, 0.1) is 0 Å². The molecule has 12 heavy (non-hydrogen) atoms. The molecule has 0 aliphatic carbocycles. The highest BCUT2D eigenvalue weighted by Crippen LogP contribution is 2.25. The largest absolute Gasteiger partial charge is 0.452 e. The van der Waals surface area contributed by atoms with Gasteiger partial charge in [0.25, 0.3) is 5.89 Å². The van der Waals surface area contributed by atoms with Crippen LogP contribution < -0.4 is 5.76 Å². The zero-order valence-corrected chi connectivity index (χ0v) is 6.46. The van der Waals surface area contributed by atoms with Crippen LogP contribution in [0.2, 0.25) is 5.22 Å². The number of hydrogen-bond donors (Lipinski definition) is 1. The molecule has 0 aliphatic rings. The highest BCUT2D eigenvalue weighted by molar-refractivity contribution is 6.31. The summed E-state index contributed by atoms with van der Waals surface area (Å²) < 4.78 is 9.42. The van der Waals surface area contributed by atoms with Gasteiger partial charge in [-0.2, -0.15) is 0 Å². The van der Waals surface area contributed by atoms with Gasteiger partial charge in [0, 0.05) is 0 Å². The molecule has 2 aromatic heterocycles. The molecule has 62 valence electrons. The van der Waals surface area contributed by atoms with E-state index in [0.717, 1.165) is 0 Å². The molecule has 2 aromatic rings. The summed E-state index contributed by atoms with van der Waals surface area (Å²) in [5.41, 5.74) is 0.454. The quantitative estimate of drug-likeness (QED) is 0.728. The highest BCUT2D eigenvalue weighted by atomic mass is 35.5. The number of halogens is 1. The Morgan fingerprint density at radius 1 is 1.58 bits per heavy atom. The average molecular weight is 187 g/mol. The van der Waals surface area contributed by atoms with Crippen molar-refractivity contribution in [2.24, 2.45) is 0 Å². The van der Waals surface area contributed by atoms with Gasteiger partial charge in [0.05, 0.1) is 11.8 Å². The van der Waals surface area contributed by atoms with Crippen molar-refractivity contribution in [3.8, 4) is 11.5 Å². The minimum absolute atomic E-state index is 0.124. The maximum Gasteiger partial charge on any atom is 0.434 e. The number of rotatable bonds is 1. The van der Waals surface area contributed by atoms with Crippen LogP contribution in [0.5, 0.6) is 0 Å². The Morgan fingerprint density at radius 2 is 2.42 bits per heavy atom. The van der Waals surface area contributed by atoms with E-state index in [-0.39, 0.29) is 11.1 Å². The first-order valence-electron chi connectivity index (χ1n) is 3.06. The van der Waals surface area contributed by atoms with E-state index in [9.17, 15) is 4.79 Å². The summed E-state index contributed by atoms with van der Waals surface area (Å²) in [5, 5.41) is 5.83. The van der Waals surface area contributed by atoms with E-state index in [1.807, 2.05) is 0 Å². The van der Waals surface area contributed by atoms with Gasteiger partial charge < -0.3 is 8.83 Å². The van der Waals surface area contributed by atoms with Crippen LogP contribution in [0.1, 0.15) is 0 Å². The second kappa shape index (κ2) is 2.53. The van der Waals surface area contributed by atoms with Crippen LogP contribution in [-0.2, 0) is 0 Å². The van der Waals surface area contributed by atoms with Crippen LogP contribution in [-0.4, -0.2) is 10.2 Å². The maximum atomic E-state index is 10.5. The molecule has 0 saturated heterocycles. The fourth-order valence-electron chi connectivity index (χ4n) is 0.791. The monoisotopic (exact) mass is 186 g/mol. The van der Waals surface area contributed by atoms with Crippen molar-refractivity contribution in [2.75, 3.05) is 0 Å². The van der Waals surface area contributed by atoms with Gasteiger partial charge in [-0.15, -0.1) is 5.10 Å². The van der Waals surface area contributed by atoms with Crippen molar-refractivity contribution in [3.63, 3.8) is 0 Å². The van der Waals surface area contributed by atoms with Crippen LogP contribution in [0.4, 0.5) is 0 Å². The van der Waals surface area contributed by atoms with Crippen LogP contribution in [0.3, 0.4) is 0 Å². The smallest absolute Gasteiger partial charge is 0.434 e. The number of H-pyrrole nitrogens is 1. The molecule has 0 bridgehead atoms. The molecule has 0 aromatic carbocycles. The van der Waals surface area contributed by atoms with Gasteiger partial charge in [-0.3, -0.25) is 0 Å². The molecular weight excluding hydrogens is 184 g/mol. The molecule has 0 amide bonds. The predicted molar refractivity (Wildman–Crippen MR) is 39.8 cm³/mol. The number of aromatic amines is 1. The number of hydrogen-bond acceptors (Lipinski definition) is 4. The lowest BCUT2D eigenvalue weighted by molar-refractivity contribution is 0.524. The van der Waals surface area contributed by atoms with E-state index in [4.69, 9.17) is 16.0 Å². The molecule has 0 atom stereocenters. The lowest BCUT2D eigenvalue weighted by atomic mass is 10.3. The second-order valence-electron chi connectivity index (χ2n) is 2.03. The minimum atomic E-state index is -0.623. The molecule has 6 heteroatoms. The van der Waals surface area contributed by atoms with Gasteiger partial charge in [-0.05, 0) is 17.7 Å². The first-order chi connectivity index (χ1) is 5.77. The van der Waals surface area contributed by atoms with Crippen molar-refractivity contribution >= 4 is 11.6 Å². The van der Waals surface area contributed by atoms with E-state index >= 15 is 0 Å². The Morgan fingerprint density at radius 3 is 2.92 bits per heavy atom. The van der Waals surface area contributed by atoms with Gasteiger partial charge in [-0.1, -0.05) is 0 Å². The lowest BCUT2D eigenvalue weighted by Gasteiger charge is -1.84. The molecule has 0 aliphatic heterocycles. The third kappa shape index (κ3) is 1.04. The Balaban J connectivity index is 2.57. The predicted octanol–water partition coefficient (Wildman–Crippen LogP) is 1.28. The number of furan rings is 1. The van der Waals surface area contributed by atoms with Crippen molar-refractivity contribution in [1.82, 2.24) is 10.2 Å². The zero-order valence-electron chi connectivity index (χ0n) is 5.70. The molecule has 0 radical (unpaired) electrons. The molecule has 2 heterocycles. The average Bonchev–Trinajstić information content (AvgIpc) is 2.58. The highest BCUT2D eigenvalue weighted by Gasteiger charge is 2.11. The fourth-order valence-corrected chi connectivity index (χ4v) is 0.986. The molecule has 0 spiro atoms. The summed E-state index contributed by atoms with van der Waals surface area (Å²) in [4.78, 5) is 10.5. The third-order valence-corrected chi connectivity index (χ3v) is 1.58. The van der Waals surface area contributed by atoms with Crippen LogP contribution in [0.25, 0.3) is 11.5 Å². The van der Waals surface area contributed by atoms with E-state index in [2.05, 4.69) is 14.6 Å². The summed E-state index contributed by atoms with van der Waals surface area (Å²) in [6.07, 6.45) is 1.38. The van der Waals surface area contributed by atoms with E-state index in [0.29, 0.717) is 5.56 Å². The summed E-state index contributed by atoms with van der Waals surface area (Å²) in [6.45, 7) is 0. The first kappa shape index (κ1) is 7.17. The Hall–Kier alpha value is -1.49. The summed E-state index contributed by atoms with van der Waals surface area (Å²) in [6, 6.07) is 1.56. The van der Waals surface area contributed by atoms with Crippen molar-refractivity contribution in [3.05, 3.63) is 28.1 Å². The number of nitrogens with one attached hydrogen (secondary N) is 1. The summed E-state index contributed by atoms with van der Waals surface area (Å²) in [7, 11) is 0. The fraction of sp³-hybridized carbons (Fsp3) is 0. The molecular formula is C6H3ClN2O3. The Bertz CT molecular complexity index is 441. The molecule has 2 rings (SSSR count). The van der Waals surface area contributed by atoms with Gasteiger partial charge in [0.1, 0.15) is 0 Å². The van der Waals surface area contributed by atoms with Gasteiger partial charge in [0.15, 0.2) is 0 Å². The minimum Gasteiger partial charge on any atom is -0.452 e. The topological polar surface area (TPSA) is 72.0 Å². The first-order valence-corrected chi connectivity index (χ1v) is 3.44. The molecule has 0 unspecified atom stereocenters. The summed E-state index contributed by atoms with van der Waals surface area (Å²) >= 11 is 5.60. The summed E-state index contributed by atoms with van der Waals surface area (Å²) in [5.74, 6) is -0.499. The van der Waals surface area contributed by atoms with Gasteiger partial charge in [-0.25, -0.2) is 9.89 Å². The lowest BCUT2D eigenvalue weighted by Crippen LogP contribution is -1.93.